The number of halogens is 1. The first kappa shape index (κ1) is 19.9. The van der Waals surface area contributed by atoms with Crippen LogP contribution in [-0.2, 0) is 11.3 Å². The first-order valence-electron chi connectivity index (χ1n) is 9.17. The molecule has 0 radical (unpaired) electrons. The zero-order chi connectivity index (χ0) is 21.1. The number of carbonyl (C=O) groups excluding carboxylic acids is 2. The summed E-state index contributed by atoms with van der Waals surface area (Å²) in [5.74, 6) is 0.797. The summed E-state index contributed by atoms with van der Waals surface area (Å²) in [5.41, 5.74) is 2.75. The van der Waals surface area contributed by atoms with Crippen LogP contribution >= 0.6 is 15.9 Å². The molecule has 30 heavy (non-hydrogen) atoms. The fourth-order valence-corrected chi connectivity index (χ4v) is 3.44. The van der Waals surface area contributed by atoms with Gasteiger partial charge in [-0.1, -0.05) is 40.2 Å². The van der Waals surface area contributed by atoms with Crippen LogP contribution in [-0.4, -0.2) is 18.9 Å². The maximum absolute atomic E-state index is 12.6. The average molecular weight is 465 g/mol. The lowest BCUT2D eigenvalue weighted by molar-refractivity contribution is 0.0600. The molecular formula is C24H17BrO5. The number of methoxy groups -OCH3 is 1. The van der Waals surface area contributed by atoms with E-state index in [0.29, 0.717) is 29.2 Å². The minimum atomic E-state index is -0.380. The number of fused-ring (bicyclic) bond motifs is 1. The Bertz CT molecular complexity index is 1150. The number of ketones is 1. The van der Waals surface area contributed by atoms with Gasteiger partial charge in [0, 0.05) is 10.5 Å². The van der Waals surface area contributed by atoms with Crippen molar-refractivity contribution in [2.24, 2.45) is 0 Å². The Hall–Kier alpha value is -3.38. The van der Waals surface area contributed by atoms with Crippen molar-refractivity contribution in [3.63, 3.8) is 0 Å². The topological polar surface area (TPSA) is 61.8 Å². The van der Waals surface area contributed by atoms with Crippen molar-refractivity contribution in [1.29, 1.82) is 0 Å². The van der Waals surface area contributed by atoms with Crippen LogP contribution in [0.5, 0.6) is 11.5 Å². The van der Waals surface area contributed by atoms with Gasteiger partial charge in [-0.2, -0.15) is 0 Å². The Morgan fingerprint density at radius 2 is 1.87 bits per heavy atom. The third-order valence-corrected chi connectivity index (χ3v) is 5.06. The summed E-state index contributed by atoms with van der Waals surface area (Å²) in [6.45, 7) is 0.314. The molecule has 0 aliphatic carbocycles. The van der Waals surface area contributed by atoms with E-state index >= 15 is 0 Å². The number of carbonyl (C=O) groups is 2. The van der Waals surface area contributed by atoms with Gasteiger partial charge in [0.15, 0.2) is 5.76 Å². The molecule has 0 saturated carbocycles. The smallest absolute Gasteiger partial charge is 0.337 e. The fraction of sp³-hybridized carbons (Fsp3) is 0.0833. The summed E-state index contributed by atoms with van der Waals surface area (Å²) in [4.78, 5) is 24.1. The lowest BCUT2D eigenvalue weighted by Gasteiger charge is -2.08. The number of rotatable bonds is 5. The number of hydrogen-bond acceptors (Lipinski definition) is 5. The van der Waals surface area contributed by atoms with E-state index in [9.17, 15) is 9.59 Å². The molecule has 0 bridgehead atoms. The largest absolute Gasteiger partial charge is 0.489 e. The second-order valence-corrected chi connectivity index (χ2v) is 7.55. The Kier molecular flexibility index (Phi) is 5.68. The van der Waals surface area contributed by atoms with Crippen molar-refractivity contribution in [2.45, 2.75) is 6.61 Å². The highest BCUT2D eigenvalue weighted by atomic mass is 79.9. The summed E-state index contributed by atoms with van der Waals surface area (Å²) in [6, 6.07) is 19.8. The Labute approximate surface area is 182 Å². The second kappa shape index (κ2) is 8.55. The van der Waals surface area contributed by atoms with Crippen molar-refractivity contribution < 1.29 is 23.8 Å². The third kappa shape index (κ3) is 4.28. The van der Waals surface area contributed by atoms with E-state index in [4.69, 9.17) is 14.2 Å². The molecule has 0 unspecified atom stereocenters. The van der Waals surface area contributed by atoms with E-state index in [1.165, 1.54) is 7.11 Å². The summed E-state index contributed by atoms with van der Waals surface area (Å²) in [7, 11) is 1.35. The Morgan fingerprint density at radius 3 is 2.60 bits per heavy atom. The van der Waals surface area contributed by atoms with Crippen LogP contribution in [0.25, 0.3) is 6.08 Å². The predicted molar refractivity (Wildman–Crippen MR) is 116 cm³/mol. The molecular weight excluding hydrogens is 448 g/mol. The summed E-state index contributed by atoms with van der Waals surface area (Å²) >= 11 is 3.42. The normalized spacial score (nSPS) is 13.7. The molecule has 0 fully saturated rings. The minimum Gasteiger partial charge on any atom is -0.489 e. The lowest BCUT2D eigenvalue weighted by Crippen LogP contribution is -2.02. The first-order chi connectivity index (χ1) is 14.5. The molecule has 0 saturated heterocycles. The van der Waals surface area contributed by atoms with Gasteiger partial charge in [-0.3, -0.25) is 4.79 Å². The van der Waals surface area contributed by atoms with Gasteiger partial charge in [0.05, 0.1) is 18.2 Å². The van der Waals surface area contributed by atoms with E-state index in [1.54, 1.807) is 48.5 Å². The maximum Gasteiger partial charge on any atom is 0.337 e. The van der Waals surface area contributed by atoms with Crippen LogP contribution in [0.15, 0.2) is 77.0 Å². The SMILES string of the molecule is COC(=O)c1ccc(COc2ccc3c(c2)OC(=Cc2cccc(Br)c2)C3=O)cc1. The zero-order valence-electron chi connectivity index (χ0n) is 16.1. The number of allylic oxidation sites excluding steroid dienone is 1. The summed E-state index contributed by atoms with van der Waals surface area (Å²) in [6.07, 6.45) is 1.72. The number of Topliss-reactive ketones (excluding diaryl/α,β-unsaturated/α-hetero) is 1. The van der Waals surface area contributed by atoms with E-state index in [-0.39, 0.29) is 17.5 Å². The summed E-state index contributed by atoms with van der Waals surface area (Å²) in [5, 5.41) is 0. The van der Waals surface area contributed by atoms with Crippen LogP contribution < -0.4 is 9.47 Å². The zero-order valence-corrected chi connectivity index (χ0v) is 17.6. The highest BCUT2D eigenvalue weighted by Gasteiger charge is 2.27. The highest BCUT2D eigenvalue weighted by molar-refractivity contribution is 9.10. The van der Waals surface area contributed by atoms with E-state index < -0.39 is 0 Å². The Morgan fingerprint density at radius 1 is 1.07 bits per heavy atom. The number of hydrogen-bond donors (Lipinski definition) is 0. The van der Waals surface area contributed by atoms with Gasteiger partial charge in [0.25, 0.3) is 0 Å². The van der Waals surface area contributed by atoms with Crippen molar-refractivity contribution in [2.75, 3.05) is 7.11 Å². The van der Waals surface area contributed by atoms with Crippen LogP contribution in [0, 0.1) is 0 Å². The van der Waals surface area contributed by atoms with E-state index in [2.05, 4.69) is 15.9 Å². The van der Waals surface area contributed by atoms with Gasteiger partial charge < -0.3 is 14.2 Å². The molecule has 0 amide bonds. The highest BCUT2D eigenvalue weighted by Crippen LogP contribution is 2.35. The predicted octanol–water partition coefficient (Wildman–Crippen LogP) is 5.43. The molecule has 150 valence electrons. The molecule has 3 aromatic rings. The number of benzene rings is 3. The van der Waals surface area contributed by atoms with Gasteiger partial charge in [-0.15, -0.1) is 0 Å². The average Bonchev–Trinajstić information content (AvgIpc) is 3.06. The molecule has 0 atom stereocenters. The number of esters is 1. The van der Waals surface area contributed by atoms with E-state index in [0.717, 1.165) is 15.6 Å². The molecule has 0 spiro atoms. The monoisotopic (exact) mass is 464 g/mol. The first-order valence-corrected chi connectivity index (χ1v) is 9.97. The molecule has 0 aromatic heterocycles. The standard InChI is InChI=1S/C24H17BrO5/c1-28-24(27)17-7-5-15(6-8-17)14-29-19-9-10-20-21(13-19)30-22(23(20)26)12-16-3-2-4-18(25)11-16/h2-13H,14H2,1H3. The van der Waals surface area contributed by atoms with Crippen molar-refractivity contribution in [1.82, 2.24) is 0 Å². The molecule has 0 N–H and O–H groups in total. The van der Waals surface area contributed by atoms with Gasteiger partial charge >= 0.3 is 5.97 Å². The van der Waals surface area contributed by atoms with Crippen LogP contribution in [0.4, 0.5) is 0 Å². The van der Waals surface area contributed by atoms with Gasteiger partial charge in [-0.25, -0.2) is 4.79 Å². The van der Waals surface area contributed by atoms with Crippen molar-refractivity contribution in [3.05, 3.63) is 99.2 Å². The lowest BCUT2D eigenvalue weighted by atomic mass is 10.1. The molecule has 1 heterocycles. The third-order valence-electron chi connectivity index (χ3n) is 4.57. The van der Waals surface area contributed by atoms with Crippen LogP contribution in [0.2, 0.25) is 0 Å². The number of ether oxygens (including phenoxy) is 3. The molecule has 3 aromatic carbocycles. The van der Waals surface area contributed by atoms with Crippen LogP contribution in [0.1, 0.15) is 31.8 Å². The maximum atomic E-state index is 12.6. The van der Waals surface area contributed by atoms with Gasteiger partial charge in [0.1, 0.15) is 18.1 Å². The second-order valence-electron chi connectivity index (χ2n) is 6.63. The van der Waals surface area contributed by atoms with E-state index in [1.807, 2.05) is 24.3 Å². The van der Waals surface area contributed by atoms with Gasteiger partial charge in [0.2, 0.25) is 5.78 Å². The van der Waals surface area contributed by atoms with Crippen molar-refractivity contribution in [3.8, 4) is 11.5 Å². The Balaban J connectivity index is 1.46. The molecule has 5 nitrogen and oxygen atoms in total. The summed E-state index contributed by atoms with van der Waals surface area (Å²) < 4.78 is 17.2. The molecule has 4 rings (SSSR count). The quantitative estimate of drug-likeness (QED) is 0.372. The molecule has 1 aliphatic heterocycles. The van der Waals surface area contributed by atoms with Gasteiger partial charge in [-0.05, 0) is 53.6 Å². The molecule has 6 heteroatoms. The van der Waals surface area contributed by atoms with Crippen LogP contribution in [0.3, 0.4) is 0 Å². The molecule has 1 aliphatic rings. The minimum absolute atomic E-state index is 0.157. The van der Waals surface area contributed by atoms with Crippen molar-refractivity contribution >= 4 is 33.8 Å². The fourth-order valence-electron chi connectivity index (χ4n) is 3.03.